The molecule has 1 aliphatic rings. The third-order valence-corrected chi connectivity index (χ3v) is 11.5. The smallest absolute Gasteiger partial charge is 0.190 e. The predicted octanol–water partition coefficient (Wildman–Crippen LogP) is 16.5. The van der Waals surface area contributed by atoms with E-state index in [-0.39, 0.29) is 11.6 Å². The number of allylic oxidation sites excluding steroid dienone is 16. The molecule has 2 heteroatoms. The van der Waals surface area contributed by atoms with Crippen LogP contribution >= 0.6 is 0 Å². The Bertz CT molecular complexity index is 1690. The van der Waals surface area contributed by atoms with Crippen molar-refractivity contribution in [3.63, 3.8) is 0 Å². The number of carbonyl (C=O) groups is 2. The SMILES string of the molecule is CC1=C(C/C=C(\C)CC/C=C(\C)CC/C=C(\C)CC/C=C(\C)CC/C=C(\C)CC/C=C(\C)CC/C=C(\C)CCCC(C)C)C(=O)c2ccc(C)c(C)c2C1=O. The van der Waals surface area contributed by atoms with Crippen molar-refractivity contribution in [1.29, 1.82) is 0 Å². The van der Waals surface area contributed by atoms with Gasteiger partial charge in [0.2, 0.25) is 0 Å². The van der Waals surface area contributed by atoms with Crippen LogP contribution in [0.25, 0.3) is 0 Å². The van der Waals surface area contributed by atoms with Crippen molar-refractivity contribution in [3.05, 3.63) is 127 Å². The van der Waals surface area contributed by atoms with E-state index in [0.29, 0.717) is 28.7 Å². The zero-order valence-corrected chi connectivity index (χ0v) is 37.4. The molecule has 0 N–H and O–H groups in total. The monoisotopic (exact) mass is 747 g/mol. The highest BCUT2D eigenvalue weighted by atomic mass is 16.1. The summed E-state index contributed by atoms with van der Waals surface area (Å²) >= 11 is 0. The molecule has 55 heavy (non-hydrogen) atoms. The van der Waals surface area contributed by atoms with Gasteiger partial charge in [-0.1, -0.05) is 114 Å². The van der Waals surface area contributed by atoms with Gasteiger partial charge in [-0.3, -0.25) is 9.59 Å². The van der Waals surface area contributed by atoms with Crippen molar-refractivity contribution in [2.45, 2.75) is 186 Å². The molecule has 0 atom stereocenters. The maximum absolute atomic E-state index is 13.3. The van der Waals surface area contributed by atoms with E-state index in [1.54, 1.807) is 5.57 Å². The van der Waals surface area contributed by atoms with Crippen LogP contribution in [-0.2, 0) is 0 Å². The van der Waals surface area contributed by atoms with E-state index in [0.717, 1.165) is 74.8 Å². The molecule has 0 heterocycles. The molecule has 1 aliphatic carbocycles. The molecular weight excluding hydrogens is 669 g/mol. The summed E-state index contributed by atoms with van der Waals surface area (Å²) in [7, 11) is 0. The van der Waals surface area contributed by atoms with Gasteiger partial charge in [-0.2, -0.15) is 0 Å². The number of Topliss-reactive ketones (excluding diaryl/α,β-unsaturated/α-hetero) is 2. The summed E-state index contributed by atoms with van der Waals surface area (Å²) in [6.45, 7) is 26.2. The zero-order chi connectivity index (χ0) is 40.9. The average Bonchev–Trinajstić information content (AvgIpc) is 3.11. The largest absolute Gasteiger partial charge is 0.289 e. The van der Waals surface area contributed by atoms with Gasteiger partial charge in [0.15, 0.2) is 11.6 Å². The maximum atomic E-state index is 13.3. The first-order valence-electron chi connectivity index (χ1n) is 21.6. The van der Waals surface area contributed by atoms with E-state index in [9.17, 15) is 9.59 Å². The molecule has 0 radical (unpaired) electrons. The number of ketones is 2. The summed E-state index contributed by atoms with van der Waals surface area (Å²) in [5.41, 5.74) is 14.6. The van der Waals surface area contributed by atoms with E-state index >= 15 is 0 Å². The Kier molecular flexibility index (Phi) is 22.2. The lowest BCUT2D eigenvalue weighted by atomic mass is 9.80. The number of hydrogen-bond donors (Lipinski definition) is 0. The lowest BCUT2D eigenvalue weighted by Crippen LogP contribution is -2.22. The fourth-order valence-corrected chi connectivity index (χ4v) is 7.26. The Morgan fingerprint density at radius 1 is 0.509 bits per heavy atom. The van der Waals surface area contributed by atoms with Crippen LogP contribution in [0.3, 0.4) is 0 Å². The second-order valence-corrected chi connectivity index (χ2v) is 17.3. The number of benzene rings is 1. The third kappa shape index (κ3) is 18.3. The van der Waals surface area contributed by atoms with Crippen LogP contribution in [0.15, 0.2) is 105 Å². The van der Waals surface area contributed by atoms with Gasteiger partial charge >= 0.3 is 0 Å². The summed E-state index contributed by atoms with van der Waals surface area (Å²) in [6.07, 6.45) is 34.5. The van der Waals surface area contributed by atoms with Gasteiger partial charge in [0.25, 0.3) is 0 Å². The van der Waals surface area contributed by atoms with Crippen molar-refractivity contribution in [2.75, 3.05) is 0 Å². The second-order valence-electron chi connectivity index (χ2n) is 17.3. The summed E-state index contributed by atoms with van der Waals surface area (Å²) in [6, 6.07) is 3.77. The fraction of sp³-hybridized carbons (Fsp3) is 0.547. The molecule has 1 aromatic rings. The van der Waals surface area contributed by atoms with Crippen molar-refractivity contribution >= 4 is 11.6 Å². The van der Waals surface area contributed by atoms with Crippen LogP contribution in [0, 0.1) is 19.8 Å². The molecule has 0 aromatic heterocycles. The van der Waals surface area contributed by atoms with Crippen molar-refractivity contribution in [1.82, 2.24) is 0 Å². The highest BCUT2D eigenvalue weighted by Crippen LogP contribution is 2.32. The lowest BCUT2D eigenvalue weighted by molar-refractivity contribution is 0.0972. The Balaban J connectivity index is 1.65. The van der Waals surface area contributed by atoms with E-state index < -0.39 is 0 Å². The first kappa shape index (κ1) is 47.6. The molecule has 0 aliphatic heterocycles. The number of aryl methyl sites for hydroxylation is 1. The van der Waals surface area contributed by atoms with Gasteiger partial charge in [0.05, 0.1) is 0 Å². The van der Waals surface area contributed by atoms with E-state index in [1.165, 1.54) is 72.0 Å². The minimum absolute atomic E-state index is 0.00148. The zero-order valence-electron chi connectivity index (χ0n) is 37.4. The Morgan fingerprint density at radius 2 is 0.873 bits per heavy atom. The van der Waals surface area contributed by atoms with Crippen LogP contribution in [-0.4, -0.2) is 11.6 Å². The molecule has 0 amide bonds. The molecule has 0 saturated carbocycles. The molecule has 0 bridgehead atoms. The first-order chi connectivity index (χ1) is 26.1. The van der Waals surface area contributed by atoms with Crippen LogP contribution in [0.1, 0.15) is 204 Å². The minimum Gasteiger partial charge on any atom is -0.289 e. The molecule has 1 aromatic carbocycles. The van der Waals surface area contributed by atoms with Gasteiger partial charge < -0.3 is 0 Å². The van der Waals surface area contributed by atoms with Gasteiger partial charge in [-0.25, -0.2) is 0 Å². The molecule has 302 valence electrons. The number of rotatable bonds is 24. The third-order valence-electron chi connectivity index (χ3n) is 11.5. The van der Waals surface area contributed by atoms with E-state index in [4.69, 9.17) is 0 Å². The van der Waals surface area contributed by atoms with Gasteiger partial charge in [0, 0.05) is 22.3 Å². The highest BCUT2D eigenvalue weighted by Gasteiger charge is 2.30. The number of carbonyl (C=O) groups excluding carboxylic acids is 2. The minimum atomic E-state index is 0.00148. The van der Waals surface area contributed by atoms with E-state index in [1.807, 2.05) is 32.9 Å². The quantitative estimate of drug-likeness (QED) is 0.0987. The van der Waals surface area contributed by atoms with Crippen molar-refractivity contribution in [3.8, 4) is 0 Å². The van der Waals surface area contributed by atoms with Crippen LogP contribution in [0.5, 0.6) is 0 Å². The summed E-state index contributed by atoms with van der Waals surface area (Å²) in [5.74, 6) is 0.819. The molecule has 2 rings (SSSR count). The van der Waals surface area contributed by atoms with Crippen LogP contribution in [0.2, 0.25) is 0 Å². The predicted molar refractivity (Wildman–Crippen MR) is 242 cm³/mol. The summed E-state index contributed by atoms with van der Waals surface area (Å²) in [5, 5.41) is 0. The van der Waals surface area contributed by atoms with E-state index in [2.05, 4.69) is 105 Å². The molecule has 0 fully saturated rings. The maximum Gasteiger partial charge on any atom is 0.190 e. The van der Waals surface area contributed by atoms with Crippen LogP contribution in [0.4, 0.5) is 0 Å². The lowest BCUT2D eigenvalue weighted by Gasteiger charge is -2.21. The summed E-state index contributed by atoms with van der Waals surface area (Å²) < 4.78 is 0. The standard InChI is InChI=1S/C53H78O2/c1-38(2)20-13-21-39(3)22-14-23-40(4)24-15-25-41(5)26-16-27-42(6)28-17-29-43(7)30-18-31-44(8)32-19-33-45(9)34-36-49-48(12)52(54)51-47(11)46(10)35-37-50(51)53(49)55/h22,24,26,28,30,32,34-35,37-38H,13-21,23,25,27,29,31,33,36H2,1-12H3/b39-22+,40-24+,41-26+,42-28+,43-30+,44-32+,45-34+. The van der Waals surface area contributed by atoms with Gasteiger partial charge in [-0.15, -0.1) is 0 Å². The van der Waals surface area contributed by atoms with Crippen molar-refractivity contribution < 1.29 is 9.59 Å². The molecular formula is C53H78O2. The summed E-state index contributed by atoms with van der Waals surface area (Å²) in [4.78, 5) is 26.4. The molecule has 0 spiro atoms. The second kappa shape index (κ2) is 25.6. The molecule has 2 nitrogen and oxygen atoms in total. The first-order valence-corrected chi connectivity index (χ1v) is 21.6. The fourth-order valence-electron chi connectivity index (χ4n) is 7.26. The normalized spacial score (nSPS) is 15.5. The topological polar surface area (TPSA) is 34.1 Å². The highest BCUT2D eigenvalue weighted by molar-refractivity contribution is 6.27. The van der Waals surface area contributed by atoms with Crippen molar-refractivity contribution in [2.24, 2.45) is 5.92 Å². The Hall–Kier alpha value is -3.52. The number of hydrogen-bond acceptors (Lipinski definition) is 2. The van der Waals surface area contributed by atoms with Gasteiger partial charge in [0.1, 0.15) is 0 Å². The molecule has 0 saturated heterocycles. The Morgan fingerprint density at radius 3 is 1.25 bits per heavy atom. The van der Waals surface area contributed by atoms with Crippen LogP contribution < -0.4 is 0 Å². The average molecular weight is 747 g/mol. The Labute approximate surface area is 338 Å². The number of fused-ring (bicyclic) bond motifs is 1. The van der Waals surface area contributed by atoms with Gasteiger partial charge in [-0.05, 0) is 183 Å². The molecule has 0 unspecified atom stereocenters.